The Kier molecular flexibility index (Phi) is 4.99. The van der Waals surface area contributed by atoms with E-state index in [0.29, 0.717) is 0 Å². The van der Waals surface area contributed by atoms with E-state index in [1.165, 1.54) is 23.5 Å². The van der Waals surface area contributed by atoms with Crippen molar-refractivity contribution in [1.82, 2.24) is 0 Å². The summed E-state index contributed by atoms with van der Waals surface area (Å²) in [6.45, 7) is 4.59. The highest BCUT2D eigenvalue weighted by molar-refractivity contribution is 7.99. The fourth-order valence-electron chi connectivity index (χ4n) is 1.33. The van der Waals surface area contributed by atoms with Crippen LogP contribution in [0.15, 0.2) is 35.2 Å². The lowest BCUT2D eigenvalue weighted by atomic mass is 10.1. The molecule has 0 N–H and O–H groups in total. The zero-order chi connectivity index (χ0) is 9.52. The van der Waals surface area contributed by atoms with Gasteiger partial charge >= 0.3 is 0 Å². The lowest BCUT2D eigenvalue weighted by Crippen LogP contribution is -1.96. The molecule has 0 nitrogen and oxygen atoms in total. The minimum atomic E-state index is 0.843. The third-order valence-corrected chi connectivity index (χ3v) is 3.40. The van der Waals surface area contributed by atoms with Gasteiger partial charge in [0.1, 0.15) is 0 Å². The molecule has 0 fully saturated rings. The summed E-state index contributed by atoms with van der Waals surface area (Å²) in [4.78, 5) is 1.39. The summed E-state index contributed by atoms with van der Waals surface area (Å²) < 4.78 is 0. The standard InChI is InChI=1S/C12H18S/c1-3-7-11(2)10-13-12-8-5-4-6-9-12/h4-6,8-9,11H,3,7,10H2,1-2H3/t11-/m1/s1. The Labute approximate surface area is 85.7 Å². The molecule has 0 aliphatic rings. The van der Waals surface area contributed by atoms with E-state index in [9.17, 15) is 0 Å². The highest BCUT2D eigenvalue weighted by Crippen LogP contribution is 2.21. The summed E-state index contributed by atoms with van der Waals surface area (Å²) in [6, 6.07) is 10.6. The van der Waals surface area contributed by atoms with Crippen LogP contribution >= 0.6 is 11.8 Å². The number of benzene rings is 1. The summed E-state index contributed by atoms with van der Waals surface area (Å²) in [5.74, 6) is 2.09. The second kappa shape index (κ2) is 6.09. The van der Waals surface area contributed by atoms with Gasteiger partial charge in [-0.1, -0.05) is 44.9 Å². The van der Waals surface area contributed by atoms with Gasteiger partial charge in [0.15, 0.2) is 0 Å². The van der Waals surface area contributed by atoms with Gasteiger partial charge in [-0.15, -0.1) is 11.8 Å². The molecule has 0 saturated heterocycles. The third kappa shape index (κ3) is 4.37. The van der Waals surface area contributed by atoms with Crippen LogP contribution in [0.3, 0.4) is 0 Å². The molecule has 1 aromatic rings. The summed E-state index contributed by atoms with van der Waals surface area (Å²) >= 11 is 1.97. The molecule has 1 rings (SSSR count). The van der Waals surface area contributed by atoms with Crippen LogP contribution in [0.5, 0.6) is 0 Å². The molecule has 0 amide bonds. The molecule has 1 atom stereocenters. The maximum atomic E-state index is 2.33. The Morgan fingerprint density at radius 2 is 1.92 bits per heavy atom. The molecule has 0 spiro atoms. The van der Waals surface area contributed by atoms with Crippen LogP contribution in [-0.4, -0.2) is 5.75 Å². The van der Waals surface area contributed by atoms with Gasteiger partial charge in [0.05, 0.1) is 0 Å². The molecule has 1 heteroatoms. The first-order valence-corrected chi connectivity index (χ1v) is 5.99. The fourth-order valence-corrected chi connectivity index (χ4v) is 2.32. The number of hydrogen-bond acceptors (Lipinski definition) is 1. The van der Waals surface area contributed by atoms with Gasteiger partial charge in [0.2, 0.25) is 0 Å². The summed E-state index contributed by atoms with van der Waals surface area (Å²) in [7, 11) is 0. The summed E-state index contributed by atoms with van der Waals surface area (Å²) in [5.41, 5.74) is 0. The smallest absolute Gasteiger partial charge is 0.00720 e. The Morgan fingerprint density at radius 3 is 2.54 bits per heavy atom. The Hall–Kier alpha value is -0.430. The van der Waals surface area contributed by atoms with Crippen molar-refractivity contribution in [3.63, 3.8) is 0 Å². The zero-order valence-electron chi connectivity index (χ0n) is 8.49. The van der Waals surface area contributed by atoms with Gasteiger partial charge in [-0.2, -0.15) is 0 Å². The van der Waals surface area contributed by atoms with Gasteiger partial charge in [-0.05, 0) is 18.1 Å². The fraction of sp³-hybridized carbons (Fsp3) is 0.500. The van der Waals surface area contributed by atoms with Crippen LogP contribution in [0.4, 0.5) is 0 Å². The predicted molar refractivity (Wildman–Crippen MR) is 61.2 cm³/mol. The van der Waals surface area contributed by atoms with Crippen molar-refractivity contribution in [2.45, 2.75) is 31.6 Å². The van der Waals surface area contributed by atoms with Crippen molar-refractivity contribution in [2.75, 3.05) is 5.75 Å². The van der Waals surface area contributed by atoms with Crippen LogP contribution in [0.2, 0.25) is 0 Å². The molecule has 0 radical (unpaired) electrons. The summed E-state index contributed by atoms with van der Waals surface area (Å²) in [6.07, 6.45) is 2.65. The maximum absolute atomic E-state index is 2.33. The Morgan fingerprint density at radius 1 is 1.23 bits per heavy atom. The largest absolute Gasteiger partial charge is 0.126 e. The van der Waals surface area contributed by atoms with E-state index in [2.05, 4.69) is 44.2 Å². The van der Waals surface area contributed by atoms with Crippen LogP contribution in [0.1, 0.15) is 26.7 Å². The third-order valence-electron chi connectivity index (χ3n) is 2.06. The van der Waals surface area contributed by atoms with Crippen molar-refractivity contribution < 1.29 is 0 Å². The zero-order valence-corrected chi connectivity index (χ0v) is 9.31. The van der Waals surface area contributed by atoms with Gasteiger partial charge in [0.25, 0.3) is 0 Å². The van der Waals surface area contributed by atoms with Crippen molar-refractivity contribution in [3.8, 4) is 0 Å². The number of hydrogen-bond donors (Lipinski definition) is 0. The molecule has 0 heterocycles. The normalized spacial score (nSPS) is 12.8. The molecular formula is C12H18S. The average Bonchev–Trinajstić information content (AvgIpc) is 2.17. The topological polar surface area (TPSA) is 0 Å². The van der Waals surface area contributed by atoms with Crippen LogP contribution < -0.4 is 0 Å². The monoisotopic (exact) mass is 194 g/mol. The molecule has 0 aliphatic carbocycles. The van der Waals surface area contributed by atoms with Gasteiger partial charge in [-0.25, -0.2) is 0 Å². The molecule has 72 valence electrons. The summed E-state index contributed by atoms with van der Waals surface area (Å²) in [5, 5.41) is 0. The molecular weight excluding hydrogens is 176 g/mol. The molecule has 0 unspecified atom stereocenters. The molecule has 0 aliphatic heterocycles. The van der Waals surface area contributed by atoms with Crippen molar-refractivity contribution in [2.24, 2.45) is 5.92 Å². The van der Waals surface area contributed by atoms with Crippen molar-refractivity contribution in [1.29, 1.82) is 0 Å². The quantitative estimate of drug-likeness (QED) is 0.633. The number of thioether (sulfide) groups is 1. The van der Waals surface area contributed by atoms with Crippen molar-refractivity contribution in [3.05, 3.63) is 30.3 Å². The van der Waals surface area contributed by atoms with Gasteiger partial charge in [-0.3, -0.25) is 0 Å². The van der Waals surface area contributed by atoms with E-state index in [4.69, 9.17) is 0 Å². The Balaban J connectivity index is 2.27. The Bertz CT molecular complexity index is 218. The average molecular weight is 194 g/mol. The maximum Gasteiger partial charge on any atom is 0.00720 e. The van der Waals surface area contributed by atoms with Crippen molar-refractivity contribution >= 4 is 11.8 Å². The van der Waals surface area contributed by atoms with E-state index in [0.717, 1.165) is 5.92 Å². The first-order valence-electron chi connectivity index (χ1n) is 5.00. The van der Waals surface area contributed by atoms with E-state index < -0.39 is 0 Å². The van der Waals surface area contributed by atoms with Crippen LogP contribution in [-0.2, 0) is 0 Å². The first-order chi connectivity index (χ1) is 6.33. The minimum Gasteiger partial charge on any atom is -0.126 e. The molecule has 13 heavy (non-hydrogen) atoms. The second-order valence-electron chi connectivity index (χ2n) is 3.52. The lowest BCUT2D eigenvalue weighted by Gasteiger charge is -2.08. The first kappa shape index (κ1) is 10.6. The van der Waals surface area contributed by atoms with E-state index in [-0.39, 0.29) is 0 Å². The van der Waals surface area contributed by atoms with Crippen LogP contribution in [0.25, 0.3) is 0 Å². The highest BCUT2D eigenvalue weighted by atomic mass is 32.2. The van der Waals surface area contributed by atoms with E-state index in [1.807, 2.05) is 11.8 Å². The van der Waals surface area contributed by atoms with E-state index in [1.54, 1.807) is 0 Å². The van der Waals surface area contributed by atoms with E-state index >= 15 is 0 Å². The molecule has 1 aromatic carbocycles. The molecule has 0 aromatic heterocycles. The number of rotatable bonds is 5. The SMILES string of the molecule is CCC[C@@H](C)CSc1ccccc1. The highest BCUT2D eigenvalue weighted by Gasteiger charge is 2.00. The molecule has 0 saturated carbocycles. The van der Waals surface area contributed by atoms with Gasteiger partial charge < -0.3 is 0 Å². The second-order valence-corrected chi connectivity index (χ2v) is 4.61. The minimum absolute atomic E-state index is 0.843. The van der Waals surface area contributed by atoms with Crippen LogP contribution in [0, 0.1) is 5.92 Å². The predicted octanol–water partition coefficient (Wildman–Crippen LogP) is 4.21. The van der Waals surface area contributed by atoms with Gasteiger partial charge in [0, 0.05) is 10.6 Å². The lowest BCUT2D eigenvalue weighted by molar-refractivity contribution is 0.585. The molecule has 0 bridgehead atoms.